The molecule has 0 amide bonds. The number of benzene rings is 1. The van der Waals surface area contributed by atoms with E-state index in [4.69, 9.17) is 0 Å². The van der Waals surface area contributed by atoms with Crippen molar-refractivity contribution in [3.05, 3.63) is 47.5 Å². The van der Waals surface area contributed by atoms with E-state index in [2.05, 4.69) is 43.3 Å². The molecule has 15 heavy (non-hydrogen) atoms. The molecule has 0 heterocycles. The zero-order valence-electron chi connectivity index (χ0n) is 9.32. The largest absolute Gasteiger partial charge is 0.0851 e. The van der Waals surface area contributed by atoms with Crippen molar-refractivity contribution in [2.75, 3.05) is 0 Å². The van der Waals surface area contributed by atoms with Crippen molar-refractivity contribution in [3.8, 4) is 0 Å². The van der Waals surface area contributed by atoms with E-state index in [1.54, 1.807) is 5.56 Å². The Morgan fingerprint density at radius 3 is 2.67 bits per heavy atom. The Labute approximate surface area is 92.0 Å². The normalized spacial score (nSPS) is 32.5. The maximum Gasteiger partial charge on any atom is -0.0196 e. The highest BCUT2D eigenvalue weighted by molar-refractivity contribution is 5.27. The molecular weight excluding hydrogens is 180 g/mol. The third-order valence-electron chi connectivity index (χ3n) is 4.16. The van der Waals surface area contributed by atoms with Crippen LogP contribution < -0.4 is 0 Å². The van der Waals surface area contributed by atoms with Crippen LogP contribution in [0, 0.1) is 24.7 Å². The lowest BCUT2D eigenvalue weighted by atomic mass is 9.86. The second-order valence-corrected chi connectivity index (χ2v) is 5.17. The highest BCUT2D eigenvalue weighted by Crippen LogP contribution is 2.44. The van der Waals surface area contributed by atoms with Gasteiger partial charge in [0, 0.05) is 0 Å². The number of rotatable bonds is 2. The number of hydrogen-bond donors (Lipinski definition) is 0. The summed E-state index contributed by atoms with van der Waals surface area (Å²) < 4.78 is 0. The highest BCUT2D eigenvalue weighted by Gasteiger charge is 2.35. The van der Waals surface area contributed by atoms with Crippen LogP contribution in [0.25, 0.3) is 0 Å². The van der Waals surface area contributed by atoms with E-state index >= 15 is 0 Å². The molecule has 78 valence electrons. The van der Waals surface area contributed by atoms with Gasteiger partial charge in [-0.05, 0) is 55.1 Å². The summed E-state index contributed by atoms with van der Waals surface area (Å²) >= 11 is 0. The first-order valence-electron chi connectivity index (χ1n) is 6.06. The fourth-order valence-corrected chi connectivity index (χ4v) is 3.25. The Morgan fingerprint density at radius 2 is 2.00 bits per heavy atom. The summed E-state index contributed by atoms with van der Waals surface area (Å²) in [5.41, 5.74) is 3.02. The third kappa shape index (κ3) is 1.62. The van der Waals surface area contributed by atoms with Crippen LogP contribution in [0.2, 0.25) is 0 Å². The average Bonchev–Trinajstić information content (AvgIpc) is 2.83. The van der Waals surface area contributed by atoms with Gasteiger partial charge in [-0.3, -0.25) is 0 Å². The van der Waals surface area contributed by atoms with Crippen molar-refractivity contribution in [1.29, 1.82) is 0 Å². The van der Waals surface area contributed by atoms with Crippen LogP contribution in [-0.4, -0.2) is 0 Å². The first kappa shape index (κ1) is 9.21. The molecule has 0 saturated heterocycles. The molecule has 2 bridgehead atoms. The topological polar surface area (TPSA) is 0 Å². The summed E-state index contributed by atoms with van der Waals surface area (Å²) in [6.07, 6.45) is 9.03. The molecule has 1 saturated carbocycles. The van der Waals surface area contributed by atoms with E-state index < -0.39 is 0 Å². The molecule has 2 aliphatic carbocycles. The smallest absolute Gasteiger partial charge is 0.0196 e. The van der Waals surface area contributed by atoms with E-state index in [-0.39, 0.29) is 0 Å². The van der Waals surface area contributed by atoms with Gasteiger partial charge in [0.05, 0.1) is 0 Å². The summed E-state index contributed by atoms with van der Waals surface area (Å²) in [6.45, 7) is 2.23. The fourth-order valence-electron chi connectivity index (χ4n) is 3.25. The molecule has 3 unspecified atom stereocenters. The van der Waals surface area contributed by atoms with Crippen LogP contribution in [0.15, 0.2) is 36.4 Å². The Bertz CT molecular complexity index is 389. The zero-order chi connectivity index (χ0) is 10.3. The van der Waals surface area contributed by atoms with Gasteiger partial charge in [0.15, 0.2) is 0 Å². The van der Waals surface area contributed by atoms with E-state index in [0.717, 1.165) is 17.8 Å². The highest BCUT2D eigenvalue weighted by atomic mass is 14.4. The van der Waals surface area contributed by atoms with E-state index in [0.29, 0.717) is 0 Å². The molecule has 0 aromatic heterocycles. The molecule has 0 radical (unpaired) electrons. The van der Waals surface area contributed by atoms with Crippen LogP contribution in [0.3, 0.4) is 0 Å². The van der Waals surface area contributed by atoms with Crippen molar-refractivity contribution in [2.45, 2.75) is 26.2 Å². The molecular formula is C15H18. The maximum atomic E-state index is 2.46. The van der Waals surface area contributed by atoms with Gasteiger partial charge in [-0.1, -0.05) is 36.4 Å². The Morgan fingerprint density at radius 1 is 1.13 bits per heavy atom. The quantitative estimate of drug-likeness (QED) is 0.635. The van der Waals surface area contributed by atoms with Crippen molar-refractivity contribution >= 4 is 0 Å². The first-order chi connectivity index (χ1) is 7.33. The lowest BCUT2D eigenvalue weighted by Crippen LogP contribution is -2.10. The molecule has 0 aliphatic heterocycles. The summed E-state index contributed by atoms with van der Waals surface area (Å²) in [5, 5.41) is 0. The molecule has 2 aliphatic rings. The third-order valence-corrected chi connectivity index (χ3v) is 4.16. The average molecular weight is 198 g/mol. The van der Waals surface area contributed by atoms with Crippen LogP contribution in [0.4, 0.5) is 0 Å². The Hall–Kier alpha value is -1.04. The van der Waals surface area contributed by atoms with Crippen LogP contribution >= 0.6 is 0 Å². The van der Waals surface area contributed by atoms with Crippen LogP contribution in [0.5, 0.6) is 0 Å². The van der Waals surface area contributed by atoms with Gasteiger partial charge in [-0.25, -0.2) is 0 Å². The van der Waals surface area contributed by atoms with Gasteiger partial charge in [0.2, 0.25) is 0 Å². The van der Waals surface area contributed by atoms with Crippen LogP contribution in [-0.2, 0) is 6.42 Å². The predicted molar refractivity (Wildman–Crippen MR) is 63.7 cm³/mol. The molecule has 3 rings (SSSR count). The SMILES string of the molecule is Cc1ccccc1CC1CC2C=CC1C2. The molecule has 0 nitrogen and oxygen atoms in total. The first-order valence-corrected chi connectivity index (χ1v) is 6.06. The molecule has 0 heteroatoms. The lowest BCUT2D eigenvalue weighted by molar-refractivity contribution is 0.445. The number of hydrogen-bond acceptors (Lipinski definition) is 0. The van der Waals surface area contributed by atoms with E-state index in [9.17, 15) is 0 Å². The van der Waals surface area contributed by atoms with Gasteiger partial charge in [-0.15, -0.1) is 0 Å². The minimum atomic E-state index is 0.884. The number of fused-ring (bicyclic) bond motifs is 2. The zero-order valence-corrected chi connectivity index (χ0v) is 9.32. The standard InChI is InChI=1S/C15H18/c1-11-4-2-3-5-13(11)10-15-9-12-6-7-14(15)8-12/h2-7,12,14-15H,8-10H2,1H3. The molecule has 0 spiro atoms. The van der Waals surface area contributed by atoms with E-state index in [1.807, 2.05) is 0 Å². The minimum absolute atomic E-state index is 0.884. The summed E-state index contributed by atoms with van der Waals surface area (Å²) in [4.78, 5) is 0. The lowest BCUT2D eigenvalue weighted by Gasteiger charge is -2.18. The number of allylic oxidation sites excluding steroid dienone is 2. The molecule has 3 atom stereocenters. The molecule has 1 aromatic rings. The molecule has 1 aromatic carbocycles. The Kier molecular flexibility index (Phi) is 2.16. The van der Waals surface area contributed by atoms with Gasteiger partial charge in [0.25, 0.3) is 0 Å². The molecule has 1 fully saturated rings. The van der Waals surface area contributed by atoms with Crippen LogP contribution in [0.1, 0.15) is 24.0 Å². The van der Waals surface area contributed by atoms with Gasteiger partial charge in [0.1, 0.15) is 0 Å². The second-order valence-electron chi connectivity index (χ2n) is 5.17. The summed E-state index contributed by atoms with van der Waals surface area (Å²) in [7, 11) is 0. The van der Waals surface area contributed by atoms with Gasteiger partial charge < -0.3 is 0 Å². The second kappa shape index (κ2) is 3.52. The fraction of sp³-hybridized carbons (Fsp3) is 0.467. The molecule has 0 N–H and O–H groups in total. The van der Waals surface area contributed by atoms with Gasteiger partial charge >= 0.3 is 0 Å². The van der Waals surface area contributed by atoms with Crippen molar-refractivity contribution < 1.29 is 0 Å². The summed E-state index contributed by atoms with van der Waals surface area (Å²) in [6, 6.07) is 8.84. The predicted octanol–water partition coefficient (Wildman–Crippen LogP) is 3.75. The minimum Gasteiger partial charge on any atom is -0.0851 e. The van der Waals surface area contributed by atoms with E-state index in [1.165, 1.54) is 24.8 Å². The van der Waals surface area contributed by atoms with Crippen molar-refractivity contribution in [1.82, 2.24) is 0 Å². The monoisotopic (exact) mass is 198 g/mol. The maximum absolute atomic E-state index is 2.46. The summed E-state index contributed by atoms with van der Waals surface area (Å²) in [5.74, 6) is 2.71. The van der Waals surface area contributed by atoms with Gasteiger partial charge in [-0.2, -0.15) is 0 Å². The van der Waals surface area contributed by atoms with Crippen molar-refractivity contribution in [3.63, 3.8) is 0 Å². The van der Waals surface area contributed by atoms with Crippen molar-refractivity contribution in [2.24, 2.45) is 17.8 Å². The number of aryl methyl sites for hydroxylation is 1. The Balaban J connectivity index is 1.76.